The van der Waals surface area contributed by atoms with Gasteiger partial charge in [0.1, 0.15) is 12.4 Å². The van der Waals surface area contributed by atoms with Crippen LogP contribution in [0.5, 0.6) is 5.75 Å². The second-order valence-electron chi connectivity index (χ2n) is 6.08. The standard InChI is InChI=1S/C19H21N3O2S/c1-12-5-6-16(7-13(12)2)24-10-15-8-18(25-11-15)19(23)21-17-9-20-22(4)14(17)3/h5-9,11H,10H2,1-4H3,(H,21,23). The van der Waals surface area contributed by atoms with Crippen molar-refractivity contribution in [3.8, 4) is 5.75 Å². The molecule has 2 heterocycles. The Labute approximate surface area is 151 Å². The molecule has 0 radical (unpaired) electrons. The molecule has 0 unspecified atom stereocenters. The van der Waals surface area contributed by atoms with Gasteiger partial charge in [0.25, 0.3) is 5.91 Å². The highest BCUT2D eigenvalue weighted by molar-refractivity contribution is 7.12. The molecule has 1 aromatic carbocycles. The maximum absolute atomic E-state index is 12.4. The summed E-state index contributed by atoms with van der Waals surface area (Å²) >= 11 is 1.41. The van der Waals surface area contributed by atoms with E-state index < -0.39 is 0 Å². The van der Waals surface area contributed by atoms with Gasteiger partial charge in [-0.05, 0) is 55.5 Å². The van der Waals surface area contributed by atoms with Crippen molar-refractivity contribution in [2.45, 2.75) is 27.4 Å². The van der Waals surface area contributed by atoms with Crippen molar-refractivity contribution in [2.24, 2.45) is 7.05 Å². The number of anilines is 1. The highest BCUT2D eigenvalue weighted by Crippen LogP contribution is 2.21. The number of nitrogens with zero attached hydrogens (tertiary/aromatic N) is 2. The predicted octanol–water partition coefficient (Wildman–Crippen LogP) is 4.24. The van der Waals surface area contributed by atoms with Crippen molar-refractivity contribution in [2.75, 3.05) is 5.32 Å². The minimum Gasteiger partial charge on any atom is -0.489 e. The van der Waals surface area contributed by atoms with E-state index in [0.29, 0.717) is 11.5 Å². The predicted molar refractivity (Wildman–Crippen MR) is 100 cm³/mol. The van der Waals surface area contributed by atoms with E-state index in [2.05, 4.69) is 24.3 Å². The van der Waals surface area contributed by atoms with Crippen LogP contribution in [-0.4, -0.2) is 15.7 Å². The van der Waals surface area contributed by atoms with E-state index in [4.69, 9.17) is 4.74 Å². The lowest BCUT2D eigenvalue weighted by Crippen LogP contribution is -2.10. The first-order valence-corrected chi connectivity index (χ1v) is 8.89. The lowest BCUT2D eigenvalue weighted by Gasteiger charge is -2.07. The van der Waals surface area contributed by atoms with Crippen molar-refractivity contribution in [1.82, 2.24) is 9.78 Å². The smallest absolute Gasteiger partial charge is 0.265 e. The second-order valence-corrected chi connectivity index (χ2v) is 6.99. The number of thiophene rings is 1. The minimum atomic E-state index is -0.126. The zero-order valence-corrected chi connectivity index (χ0v) is 15.6. The van der Waals surface area contributed by atoms with Gasteiger partial charge in [-0.15, -0.1) is 11.3 Å². The molecule has 25 heavy (non-hydrogen) atoms. The van der Waals surface area contributed by atoms with Gasteiger partial charge < -0.3 is 10.1 Å². The number of hydrogen-bond donors (Lipinski definition) is 1. The Hall–Kier alpha value is -2.60. The minimum absolute atomic E-state index is 0.126. The summed E-state index contributed by atoms with van der Waals surface area (Å²) in [4.78, 5) is 13.0. The number of ether oxygens (including phenoxy) is 1. The van der Waals surface area contributed by atoms with E-state index in [1.54, 1.807) is 10.9 Å². The number of rotatable bonds is 5. The quantitative estimate of drug-likeness (QED) is 0.745. The molecule has 2 aromatic heterocycles. The molecule has 1 amide bonds. The third kappa shape index (κ3) is 3.91. The molecule has 0 atom stereocenters. The highest BCUT2D eigenvalue weighted by atomic mass is 32.1. The summed E-state index contributed by atoms with van der Waals surface area (Å²) in [5.74, 6) is 0.713. The highest BCUT2D eigenvalue weighted by Gasteiger charge is 2.13. The van der Waals surface area contributed by atoms with E-state index in [0.717, 1.165) is 22.7 Å². The molecule has 0 bridgehead atoms. The van der Waals surface area contributed by atoms with Gasteiger partial charge in [0, 0.05) is 12.6 Å². The molecule has 3 rings (SSSR count). The Morgan fingerprint density at radius 2 is 2.04 bits per heavy atom. The molecule has 0 aliphatic rings. The Bertz CT molecular complexity index is 911. The molecule has 1 N–H and O–H groups in total. The zero-order chi connectivity index (χ0) is 18.0. The topological polar surface area (TPSA) is 56.1 Å². The van der Waals surface area contributed by atoms with Gasteiger partial charge in [0.05, 0.1) is 22.5 Å². The number of aromatic nitrogens is 2. The number of amides is 1. The number of aryl methyl sites for hydroxylation is 3. The van der Waals surface area contributed by atoms with Gasteiger partial charge >= 0.3 is 0 Å². The first kappa shape index (κ1) is 17.2. The maximum atomic E-state index is 12.4. The number of carbonyl (C=O) groups excluding carboxylic acids is 1. The lowest BCUT2D eigenvalue weighted by molar-refractivity contribution is 0.103. The van der Waals surface area contributed by atoms with E-state index in [9.17, 15) is 4.79 Å². The summed E-state index contributed by atoms with van der Waals surface area (Å²) in [6, 6.07) is 7.91. The summed E-state index contributed by atoms with van der Waals surface area (Å²) in [7, 11) is 1.85. The molecule has 0 fully saturated rings. The first-order valence-electron chi connectivity index (χ1n) is 8.01. The molecule has 130 valence electrons. The lowest BCUT2D eigenvalue weighted by atomic mass is 10.1. The van der Waals surface area contributed by atoms with Gasteiger partial charge in [-0.3, -0.25) is 9.48 Å². The monoisotopic (exact) mass is 355 g/mol. The van der Waals surface area contributed by atoms with E-state index in [-0.39, 0.29) is 5.91 Å². The number of benzene rings is 1. The Balaban J connectivity index is 1.62. The summed E-state index contributed by atoms with van der Waals surface area (Å²) in [6.07, 6.45) is 1.66. The second kappa shape index (κ2) is 7.11. The van der Waals surface area contributed by atoms with Crippen LogP contribution in [0.1, 0.15) is 32.1 Å². The van der Waals surface area contributed by atoms with Crippen LogP contribution in [0.25, 0.3) is 0 Å². The van der Waals surface area contributed by atoms with Crippen LogP contribution in [0, 0.1) is 20.8 Å². The van der Waals surface area contributed by atoms with Gasteiger partial charge in [-0.2, -0.15) is 5.10 Å². The van der Waals surface area contributed by atoms with Crippen LogP contribution in [0.15, 0.2) is 35.8 Å². The third-order valence-corrected chi connectivity index (χ3v) is 5.22. The van der Waals surface area contributed by atoms with Crippen molar-refractivity contribution in [3.63, 3.8) is 0 Å². The van der Waals surface area contributed by atoms with Crippen LogP contribution in [-0.2, 0) is 13.7 Å². The number of hydrogen-bond acceptors (Lipinski definition) is 4. The SMILES string of the molecule is Cc1ccc(OCc2csc(C(=O)Nc3cnn(C)c3C)c2)cc1C. The van der Waals surface area contributed by atoms with Crippen LogP contribution in [0.3, 0.4) is 0 Å². The van der Waals surface area contributed by atoms with Crippen molar-refractivity contribution < 1.29 is 9.53 Å². The van der Waals surface area contributed by atoms with Crippen molar-refractivity contribution in [1.29, 1.82) is 0 Å². The summed E-state index contributed by atoms with van der Waals surface area (Å²) < 4.78 is 7.55. The van der Waals surface area contributed by atoms with Crippen LogP contribution in [0.2, 0.25) is 0 Å². The van der Waals surface area contributed by atoms with Gasteiger partial charge in [-0.25, -0.2) is 0 Å². The first-order chi connectivity index (χ1) is 11.9. The Morgan fingerprint density at radius 1 is 1.24 bits per heavy atom. The van der Waals surface area contributed by atoms with Gasteiger partial charge in [-0.1, -0.05) is 6.07 Å². The van der Waals surface area contributed by atoms with Gasteiger partial charge in [0.2, 0.25) is 0 Å². The molecule has 0 aliphatic carbocycles. The molecular formula is C19H21N3O2S. The summed E-state index contributed by atoms with van der Waals surface area (Å²) in [6.45, 7) is 6.50. The van der Waals surface area contributed by atoms with E-state index in [1.807, 2.05) is 43.6 Å². The fourth-order valence-electron chi connectivity index (χ4n) is 2.35. The maximum Gasteiger partial charge on any atom is 0.265 e. The van der Waals surface area contributed by atoms with E-state index in [1.165, 1.54) is 22.5 Å². The van der Waals surface area contributed by atoms with Crippen LogP contribution < -0.4 is 10.1 Å². The summed E-state index contributed by atoms with van der Waals surface area (Å²) in [5, 5.41) is 8.98. The molecular weight excluding hydrogens is 334 g/mol. The summed E-state index contributed by atoms with van der Waals surface area (Å²) in [5.41, 5.74) is 5.08. The molecule has 0 saturated heterocycles. The number of carbonyl (C=O) groups is 1. The molecule has 0 aliphatic heterocycles. The Kier molecular flexibility index (Phi) is 4.90. The third-order valence-electron chi connectivity index (χ3n) is 4.24. The van der Waals surface area contributed by atoms with Crippen molar-refractivity contribution in [3.05, 3.63) is 63.1 Å². The average molecular weight is 355 g/mol. The zero-order valence-electron chi connectivity index (χ0n) is 14.8. The van der Waals surface area contributed by atoms with Crippen molar-refractivity contribution >= 4 is 22.9 Å². The molecule has 6 heteroatoms. The molecule has 5 nitrogen and oxygen atoms in total. The molecule has 3 aromatic rings. The van der Waals surface area contributed by atoms with Crippen LogP contribution in [0.4, 0.5) is 5.69 Å². The fourth-order valence-corrected chi connectivity index (χ4v) is 3.14. The van der Waals surface area contributed by atoms with E-state index >= 15 is 0 Å². The molecule has 0 saturated carbocycles. The number of nitrogens with one attached hydrogen (secondary N) is 1. The van der Waals surface area contributed by atoms with Crippen LogP contribution >= 0.6 is 11.3 Å². The fraction of sp³-hybridized carbons (Fsp3) is 0.263. The normalized spacial score (nSPS) is 10.7. The largest absolute Gasteiger partial charge is 0.489 e. The average Bonchev–Trinajstić information content (AvgIpc) is 3.18. The molecule has 0 spiro atoms. The Morgan fingerprint density at radius 3 is 2.72 bits per heavy atom. The van der Waals surface area contributed by atoms with Gasteiger partial charge in [0.15, 0.2) is 0 Å².